The summed E-state index contributed by atoms with van der Waals surface area (Å²) < 4.78 is 0. The maximum atomic E-state index is 11.8. The van der Waals surface area contributed by atoms with Gasteiger partial charge in [0.15, 0.2) is 0 Å². The molecule has 5 nitrogen and oxygen atoms in total. The number of carboxylic acids is 1. The van der Waals surface area contributed by atoms with E-state index in [-0.39, 0.29) is 18.7 Å². The van der Waals surface area contributed by atoms with Crippen molar-refractivity contribution < 1.29 is 14.7 Å². The number of carbonyl (C=O) groups is 2. The zero-order valence-electron chi connectivity index (χ0n) is 12.3. The molecule has 0 aliphatic rings. The van der Waals surface area contributed by atoms with E-state index in [2.05, 4.69) is 16.4 Å². The second kappa shape index (κ2) is 7.70. The van der Waals surface area contributed by atoms with Gasteiger partial charge in [-0.2, -0.15) is 0 Å². The number of nitrogens with one attached hydrogen (secondary N) is 1. The molecule has 2 rings (SSSR count). The molecular formula is C16H18N2O3S. The van der Waals surface area contributed by atoms with Gasteiger partial charge in [-0.05, 0) is 19.4 Å². The third-order valence-electron chi connectivity index (χ3n) is 3.05. The molecule has 0 aliphatic carbocycles. The first-order valence-electron chi connectivity index (χ1n) is 7.04. The molecule has 2 N–H and O–H groups in total. The van der Waals surface area contributed by atoms with Crippen molar-refractivity contribution in [1.82, 2.24) is 10.3 Å². The Hall–Kier alpha value is -2.21. The molecule has 0 unspecified atom stereocenters. The minimum Gasteiger partial charge on any atom is -0.481 e. The molecule has 0 aliphatic heterocycles. The van der Waals surface area contributed by atoms with Gasteiger partial charge in [-0.25, -0.2) is 4.98 Å². The Bertz CT molecular complexity index is 667. The number of amides is 1. The SMILES string of the molecule is Cc1cccc(-c2nc(CC(=O)NCCCC(=O)O)cs2)c1. The van der Waals surface area contributed by atoms with Crippen LogP contribution in [0.5, 0.6) is 0 Å². The second-order valence-corrected chi connectivity index (χ2v) is 5.90. The molecule has 0 bridgehead atoms. The molecule has 1 aromatic heterocycles. The molecule has 0 saturated heterocycles. The van der Waals surface area contributed by atoms with E-state index in [0.29, 0.717) is 13.0 Å². The number of aliphatic carboxylic acids is 1. The molecule has 1 aromatic carbocycles. The van der Waals surface area contributed by atoms with Gasteiger partial charge in [0, 0.05) is 23.9 Å². The highest BCUT2D eigenvalue weighted by Gasteiger charge is 2.09. The predicted molar refractivity (Wildman–Crippen MR) is 85.9 cm³/mol. The van der Waals surface area contributed by atoms with Crippen LogP contribution >= 0.6 is 11.3 Å². The van der Waals surface area contributed by atoms with Gasteiger partial charge in [0.05, 0.1) is 12.1 Å². The number of carboxylic acid groups (broad SMARTS) is 1. The molecule has 1 heterocycles. The number of carbonyl (C=O) groups excluding carboxylic acids is 1. The number of rotatable bonds is 7. The molecule has 0 saturated carbocycles. The highest BCUT2D eigenvalue weighted by Crippen LogP contribution is 2.24. The van der Waals surface area contributed by atoms with Crippen LogP contribution < -0.4 is 5.32 Å². The van der Waals surface area contributed by atoms with Crippen molar-refractivity contribution in [2.24, 2.45) is 0 Å². The normalized spacial score (nSPS) is 10.4. The van der Waals surface area contributed by atoms with Crippen molar-refractivity contribution in [2.75, 3.05) is 6.54 Å². The number of aryl methyl sites for hydroxylation is 1. The summed E-state index contributed by atoms with van der Waals surface area (Å²) in [4.78, 5) is 26.6. The fourth-order valence-corrected chi connectivity index (χ4v) is 2.81. The van der Waals surface area contributed by atoms with Gasteiger partial charge in [0.25, 0.3) is 0 Å². The van der Waals surface area contributed by atoms with Crippen LogP contribution in [0.4, 0.5) is 0 Å². The minimum absolute atomic E-state index is 0.0640. The fourth-order valence-electron chi connectivity index (χ4n) is 1.99. The lowest BCUT2D eigenvalue weighted by Gasteiger charge is -2.02. The Labute approximate surface area is 133 Å². The lowest BCUT2D eigenvalue weighted by molar-refractivity contribution is -0.137. The number of nitrogens with zero attached hydrogens (tertiary/aromatic N) is 1. The van der Waals surface area contributed by atoms with E-state index < -0.39 is 5.97 Å². The van der Waals surface area contributed by atoms with Crippen LogP contribution in [0.25, 0.3) is 10.6 Å². The van der Waals surface area contributed by atoms with Crippen LogP contribution in [0.2, 0.25) is 0 Å². The Balaban J connectivity index is 1.86. The number of aromatic nitrogens is 1. The minimum atomic E-state index is -0.850. The zero-order chi connectivity index (χ0) is 15.9. The van der Waals surface area contributed by atoms with E-state index in [4.69, 9.17) is 5.11 Å². The predicted octanol–water partition coefficient (Wildman–Crippen LogP) is 2.64. The Kier molecular flexibility index (Phi) is 5.66. The molecule has 1 amide bonds. The van der Waals surface area contributed by atoms with Crippen molar-refractivity contribution in [3.05, 3.63) is 40.9 Å². The van der Waals surface area contributed by atoms with E-state index in [1.165, 1.54) is 16.9 Å². The van der Waals surface area contributed by atoms with Crippen LogP contribution in [-0.4, -0.2) is 28.5 Å². The van der Waals surface area contributed by atoms with E-state index >= 15 is 0 Å². The van der Waals surface area contributed by atoms with E-state index in [1.54, 1.807) is 0 Å². The van der Waals surface area contributed by atoms with Crippen LogP contribution in [0.1, 0.15) is 24.1 Å². The molecule has 116 valence electrons. The summed E-state index contributed by atoms with van der Waals surface area (Å²) in [5.41, 5.74) is 2.96. The van der Waals surface area contributed by atoms with Crippen molar-refractivity contribution in [3.8, 4) is 10.6 Å². The van der Waals surface area contributed by atoms with Crippen LogP contribution in [0.3, 0.4) is 0 Å². The zero-order valence-corrected chi connectivity index (χ0v) is 13.2. The summed E-state index contributed by atoms with van der Waals surface area (Å²) in [5, 5.41) is 14.0. The van der Waals surface area contributed by atoms with Gasteiger partial charge in [0.1, 0.15) is 5.01 Å². The largest absolute Gasteiger partial charge is 0.481 e. The fraction of sp³-hybridized carbons (Fsp3) is 0.312. The average molecular weight is 318 g/mol. The van der Waals surface area contributed by atoms with Crippen LogP contribution in [0, 0.1) is 6.92 Å². The van der Waals surface area contributed by atoms with Crippen molar-refractivity contribution in [3.63, 3.8) is 0 Å². The summed E-state index contributed by atoms with van der Waals surface area (Å²) >= 11 is 1.52. The molecule has 0 radical (unpaired) electrons. The van der Waals surface area contributed by atoms with Gasteiger partial charge < -0.3 is 10.4 Å². The Morgan fingerprint density at radius 3 is 2.91 bits per heavy atom. The first-order valence-corrected chi connectivity index (χ1v) is 7.92. The lowest BCUT2D eigenvalue weighted by atomic mass is 10.1. The lowest BCUT2D eigenvalue weighted by Crippen LogP contribution is -2.26. The van der Waals surface area contributed by atoms with E-state index in [0.717, 1.165) is 16.3 Å². The van der Waals surface area contributed by atoms with Crippen molar-refractivity contribution in [2.45, 2.75) is 26.2 Å². The molecular weight excluding hydrogens is 300 g/mol. The first kappa shape index (κ1) is 16.2. The van der Waals surface area contributed by atoms with Crippen LogP contribution in [0.15, 0.2) is 29.6 Å². The Morgan fingerprint density at radius 2 is 2.18 bits per heavy atom. The van der Waals surface area contributed by atoms with Gasteiger partial charge in [-0.1, -0.05) is 23.8 Å². The van der Waals surface area contributed by atoms with Gasteiger partial charge in [0.2, 0.25) is 5.91 Å². The topological polar surface area (TPSA) is 79.3 Å². The Morgan fingerprint density at radius 1 is 1.36 bits per heavy atom. The molecule has 6 heteroatoms. The third kappa shape index (κ3) is 4.96. The molecule has 0 spiro atoms. The molecule has 22 heavy (non-hydrogen) atoms. The summed E-state index contributed by atoms with van der Waals surface area (Å²) in [6, 6.07) is 8.08. The summed E-state index contributed by atoms with van der Waals surface area (Å²) in [6.45, 7) is 2.41. The number of hydrogen-bond donors (Lipinski definition) is 2. The molecule has 2 aromatic rings. The molecule has 0 fully saturated rings. The first-order chi connectivity index (χ1) is 10.5. The van der Waals surface area contributed by atoms with E-state index in [1.807, 2.05) is 30.5 Å². The average Bonchev–Trinajstić information content (AvgIpc) is 2.92. The van der Waals surface area contributed by atoms with E-state index in [9.17, 15) is 9.59 Å². The van der Waals surface area contributed by atoms with Crippen molar-refractivity contribution in [1.29, 1.82) is 0 Å². The monoisotopic (exact) mass is 318 g/mol. The summed E-state index contributed by atoms with van der Waals surface area (Å²) in [6.07, 6.45) is 0.719. The maximum absolute atomic E-state index is 11.8. The second-order valence-electron chi connectivity index (χ2n) is 5.04. The van der Waals surface area contributed by atoms with Gasteiger partial charge >= 0.3 is 5.97 Å². The smallest absolute Gasteiger partial charge is 0.303 e. The standard InChI is InChI=1S/C16H18N2O3S/c1-11-4-2-5-12(8-11)16-18-13(10-22-16)9-14(19)17-7-3-6-15(20)21/h2,4-5,8,10H,3,6-7,9H2,1H3,(H,17,19)(H,20,21). The number of benzene rings is 1. The highest BCUT2D eigenvalue weighted by molar-refractivity contribution is 7.13. The quantitative estimate of drug-likeness (QED) is 0.769. The highest BCUT2D eigenvalue weighted by atomic mass is 32.1. The molecule has 0 atom stereocenters. The van der Waals surface area contributed by atoms with Gasteiger partial charge in [-0.3, -0.25) is 9.59 Å². The van der Waals surface area contributed by atoms with Gasteiger partial charge in [-0.15, -0.1) is 11.3 Å². The number of thiazole rings is 1. The van der Waals surface area contributed by atoms with Crippen LogP contribution in [-0.2, 0) is 16.0 Å². The number of hydrogen-bond acceptors (Lipinski definition) is 4. The maximum Gasteiger partial charge on any atom is 0.303 e. The third-order valence-corrected chi connectivity index (χ3v) is 3.99. The van der Waals surface area contributed by atoms with Crippen molar-refractivity contribution >= 4 is 23.2 Å². The summed E-state index contributed by atoms with van der Waals surface area (Å²) in [7, 11) is 0. The summed E-state index contributed by atoms with van der Waals surface area (Å²) in [5.74, 6) is -0.983.